The maximum absolute atomic E-state index is 11.3. The lowest BCUT2D eigenvalue weighted by molar-refractivity contribution is 0.492. The molecule has 0 saturated carbocycles. The van der Waals surface area contributed by atoms with Crippen molar-refractivity contribution in [3.8, 4) is 0 Å². The highest BCUT2D eigenvalue weighted by molar-refractivity contribution is 7.99. The molecule has 0 amide bonds. The first-order valence-corrected chi connectivity index (χ1v) is 8.13. The van der Waals surface area contributed by atoms with E-state index in [0.717, 1.165) is 30.9 Å². The molecule has 1 heterocycles. The van der Waals surface area contributed by atoms with Gasteiger partial charge in [0.05, 0.1) is 11.5 Å². The molecule has 0 spiro atoms. The molecule has 1 atom stereocenters. The molecule has 1 aliphatic rings. The number of rotatable bonds is 5. The summed E-state index contributed by atoms with van der Waals surface area (Å²) in [7, 11) is -2.74. The minimum atomic E-state index is -2.74. The topological polar surface area (TPSA) is 46.2 Å². The summed E-state index contributed by atoms with van der Waals surface area (Å²) in [4.78, 5) is 0. The van der Waals surface area contributed by atoms with E-state index in [1.54, 1.807) is 0 Å². The molecule has 3 nitrogen and oxygen atoms in total. The molecule has 1 N–H and O–H groups in total. The summed E-state index contributed by atoms with van der Waals surface area (Å²) in [5, 5.41) is 3.31. The van der Waals surface area contributed by atoms with Gasteiger partial charge in [-0.2, -0.15) is 11.8 Å². The van der Waals surface area contributed by atoms with Crippen molar-refractivity contribution >= 4 is 21.6 Å². The molecule has 1 rings (SSSR count). The van der Waals surface area contributed by atoms with Crippen LogP contribution in [0.1, 0.15) is 19.8 Å². The van der Waals surface area contributed by atoms with Crippen LogP contribution in [0.3, 0.4) is 0 Å². The van der Waals surface area contributed by atoms with E-state index in [1.807, 2.05) is 11.8 Å². The Bertz CT molecular complexity index is 252. The first-order valence-electron chi connectivity index (χ1n) is 5.15. The Balaban J connectivity index is 2.18. The summed E-state index contributed by atoms with van der Waals surface area (Å²) in [5.74, 6) is 2.93. The van der Waals surface area contributed by atoms with Gasteiger partial charge < -0.3 is 5.32 Å². The smallest absolute Gasteiger partial charge is 0.151 e. The van der Waals surface area contributed by atoms with Gasteiger partial charge in [-0.05, 0) is 18.6 Å². The molecule has 0 radical (unpaired) electrons. The molecule has 14 heavy (non-hydrogen) atoms. The molecule has 0 bridgehead atoms. The molecule has 1 aliphatic heterocycles. The van der Waals surface area contributed by atoms with Gasteiger partial charge in [0.25, 0.3) is 0 Å². The summed E-state index contributed by atoms with van der Waals surface area (Å²) >= 11 is 1.88. The predicted molar refractivity (Wildman–Crippen MR) is 62.7 cm³/mol. The average molecular weight is 237 g/mol. The lowest BCUT2D eigenvalue weighted by Crippen LogP contribution is -2.41. The number of sulfone groups is 1. The van der Waals surface area contributed by atoms with Gasteiger partial charge in [-0.1, -0.05) is 6.92 Å². The van der Waals surface area contributed by atoms with Crippen LogP contribution >= 0.6 is 11.8 Å². The first kappa shape index (κ1) is 12.3. The Hall–Kier alpha value is 0.260. The van der Waals surface area contributed by atoms with Crippen molar-refractivity contribution in [1.82, 2.24) is 5.32 Å². The van der Waals surface area contributed by atoms with Crippen LogP contribution in [0, 0.1) is 0 Å². The van der Waals surface area contributed by atoms with Crippen LogP contribution in [0.5, 0.6) is 0 Å². The van der Waals surface area contributed by atoms with Gasteiger partial charge in [-0.3, -0.25) is 0 Å². The monoisotopic (exact) mass is 237 g/mol. The van der Waals surface area contributed by atoms with Crippen molar-refractivity contribution in [3.05, 3.63) is 0 Å². The predicted octanol–water partition coefficient (Wildman–Crippen LogP) is 0.906. The fourth-order valence-corrected chi connectivity index (χ4v) is 3.88. The summed E-state index contributed by atoms with van der Waals surface area (Å²) in [5.41, 5.74) is 0. The van der Waals surface area contributed by atoms with Gasteiger partial charge in [-0.15, -0.1) is 0 Å². The zero-order valence-corrected chi connectivity index (χ0v) is 10.3. The summed E-state index contributed by atoms with van der Waals surface area (Å²) < 4.78 is 22.6. The van der Waals surface area contributed by atoms with Crippen LogP contribution in [-0.2, 0) is 9.84 Å². The van der Waals surface area contributed by atoms with Gasteiger partial charge in [0.2, 0.25) is 0 Å². The van der Waals surface area contributed by atoms with Gasteiger partial charge in [0, 0.05) is 18.3 Å². The minimum Gasteiger partial charge on any atom is -0.312 e. The number of hydrogen-bond donors (Lipinski definition) is 1. The van der Waals surface area contributed by atoms with E-state index >= 15 is 0 Å². The van der Waals surface area contributed by atoms with Crippen molar-refractivity contribution in [3.63, 3.8) is 0 Å². The van der Waals surface area contributed by atoms with E-state index in [0.29, 0.717) is 11.5 Å². The van der Waals surface area contributed by atoms with Gasteiger partial charge in [0.15, 0.2) is 9.84 Å². The third-order valence-corrected chi connectivity index (χ3v) is 5.07. The van der Waals surface area contributed by atoms with E-state index in [2.05, 4.69) is 12.2 Å². The van der Waals surface area contributed by atoms with Crippen LogP contribution in [0.25, 0.3) is 0 Å². The normalized spacial score (nSPS) is 26.2. The molecule has 0 aromatic rings. The third-order valence-electron chi connectivity index (χ3n) is 2.35. The number of nitrogens with one attached hydrogen (secondary N) is 1. The van der Waals surface area contributed by atoms with E-state index in [9.17, 15) is 8.42 Å². The third kappa shape index (κ3) is 4.66. The molecule has 1 unspecified atom stereocenters. The van der Waals surface area contributed by atoms with Crippen LogP contribution in [0.15, 0.2) is 0 Å². The quantitative estimate of drug-likeness (QED) is 0.722. The van der Waals surface area contributed by atoms with E-state index in [1.165, 1.54) is 0 Å². The standard InChI is InChI=1S/C9H19NO2S2/c1-2-13-6-5-10-9-4-3-7-14(11,12)8-9/h9-10H,2-8H2,1H3. The number of thioether (sulfide) groups is 1. The molecule has 84 valence electrons. The van der Waals surface area contributed by atoms with Crippen molar-refractivity contribution in [2.45, 2.75) is 25.8 Å². The second kappa shape index (κ2) is 5.98. The van der Waals surface area contributed by atoms with Crippen LogP contribution in [-0.4, -0.2) is 44.0 Å². The Kier molecular flexibility index (Phi) is 5.26. The summed E-state index contributed by atoms with van der Waals surface area (Å²) in [6.45, 7) is 3.06. The highest BCUT2D eigenvalue weighted by atomic mass is 32.2. The average Bonchev–Trinajstić information content (AvgIpc) is 2.11. The molecule has 0 aromatic heterocycles. The van der Waals surface area contributed by atoms with Crippen LogP contribution < -0.4 is 5.32 Å². The first-order chi connectivity index (χ1) is 6.64. The fraction of sp³-hybridized carbons (Fsp3) is 1.00. The number of hydrogen-bond acceptors (Lipinski definition) is 4. The molecule has 0 aliphatic carbocycles. The highest BCUT2D eigenvalue weighted by Gasteiger charge is 2.23. The largest absolute Gasteiger partial charge is 0.312 e. The minimum absolute atomic E-state index is 0.200. The molecule has 0 aromatic carbocycles. The second-order valence-electron chi connectivity index (χ2n) is 3.60. The van der Waals surface area contributed by atoms with Gasteiger partial charge in [0.1, 0.15) is 0 Å². The van der Waals surface area contributed by atoms with Gasteiger partial charge in [-0.25, -0.2) is 8.42 Å². The van der Waals surface area contributed by atoms with E-state index in [4.69, 9.17) is 0 Å². The van der Waals surface area contributed by atoms with E-state index < -0.39 is 9.84 Å². The van der Waals surface area contributed by atoms with Crippen LogP contribution in [0.2, 0.25) is 0 Å². The molecular formula is C9H19NO2S2. The molecular weight excluding hydrogens is 218 g/mol. The van der Waals surface area contributed by atoms with Crippen molar-refractivity contribution in [2.75, 3.05) is 29.6 Å². The SMILES string of the molecule is CCSCCNC1CCCS(=O)(=O)C1. The van der Waals surface area contributed by atoms with Gasteiger partial charge >= 0.3 is 0 Å². The van der Waals surface area contributed by atoms with Crippen molar-refractivity contribution in [2.24, 2.45) is 0 Å². The Labute approximate surface area is 91.0 Å². The Morgan fingerprint density at radius 3 is 2.93 bits per heavy atom. The second-order valence-corrected chi connectivity index (χ2v) is 7.23. The zero-order valence-electron chi connectivity index (χ0n) is 8.66. The summed E-state index contributed by atoms with van der Waals surface area (Å²) in [6.07, 6.45) is 1.83. The Morgan fingerprint density at radius 2 is 2.29 bits per heavy atom. The lowest BCUT2D eigenvalue weighted by atomic mass is 10.2. The van der Waals surface area contributed by atoms with Crippen molar-refractivity contribution in [1.29, 1.82) is 0 Å². The lowest BCUT2D eigenvalue weighted by Gasteiger charge is -2.22. The van der Waals surface area contributed by atoms with E-state index in [-0.39, 0.29) is 6.04 Å². The molecule has 5 heteroatoms. The Morgan fingerprint density at radius 1 is 1.50 bits per heavy atom. The fourth-order valence-electron chi connectivity index (χ4n) is 1.66. The maximum atomic E-state index is 11.3. The zero-order chi connectivity index (χ0) is 10.4. The molecule has 1 saturated heterocycles. The molecule has 1 fully saturated rings. The highest BCUT2D eigenvalue weighted by Crippen LogP contribution is 2.11. The van der Waals surface area contributed by atoms with Crippen LogP contribution in [0.4, 0.5) is 0 Å². The van der Waals surface area contributed by atoms with Crippen molar-refractivity contribution < 1.29 is 8.42 Å². The summed E-state index contributed by atoms with van der Waals surface area (Å²) in [6, 6.07) is 0.200. The maximum Gasteiger partial charge on any atom is 0.151 e.